The summed E-state index contributed by atoms with van der Waals surface area (Å²) in [6.07, 6.45) is 4.71. The maximum Gasteiger partial charge on any atom is 0.157 e. The Hall–Kier alpha value is -1.35. The van der Waals surface area contributed by atoms with E-state index >= 15 is 0 Å². The minimum Gasteiger partial charge on any atom is -0.508 e. The van der Waals surface area contributed by atoms with E-state index in [1.165, 1.54) is 6.42 Å². The molecule has 0 aromatic heterocycles. The first-order valence-electron chi connectivity index (χ1n) is 7.43. The number of hydrogen-bond acceptors (Lipinski definition) is 3. The lowest BCUT2D eigenvalue weighted by atomic mass is 9.72. The molecule has 0 bridgehead atoms. The van der Waals surface area contributed by atoms with E-state index in [1.807, 2.05) is 26.2 Å². The number of benzene rings is 1. The van der Waals surface area contributed by atoms with Crippen LogP contribution in [0.15, 0.2) is 24.3 Å². The van der Waals surface area contributed by atoms with E-state index in [2.05, 4.69) is 11.8 Å². The maximum atomic E-state index is 12.9. The van der Waals surface area contributed by atoms with Crippen molar-refractivity contribution in [3.8, 4) is 5.75 Å². The molecular formula is C17H25NO2. The third-order valence-electron chi connectivity index (χ3n) is 4.65. The summed E-state index contributed by atoms with van der Waals surface area (Å²) in [4.78, 5) is 15.0. The largest absolute Gasteiger partial charge is 0.508 e. The van der Waals surface area contributed by atoms with Crippen LogP contribution >= 0.6 is 0 Å². The van der Waals surface area contributed by atoms with Gasteiger partial charge in [-0.05, 0) is 50.6 Å². The molecule has 0 radical (unpaired) electrons. The number of nitrogens with zero attached hydrogens (tertiary/aromatic N) is 1. The van der Waals surface area contributed by atoms with Crippen LogP contribution in [0.4, 0.5) is 0 Å². The molecule has 110 valence electrons. The Morgan fingerprint density at radius 2 is 2.00 bits per heavy atom. The molecule has 0 aliphatic heterocycles. The lowest BCUT2D eigenvalue weighted by Crippen LogP contribution is -2.54. The minimum atomic E-state index is -0.310. The highest BCUT2D eigenvalue weighted by Gasteiger charge is 2.42. The van der Waals surface area contributed by atoms with Crippen molar-refractivity contribution in [2.45, 2.75) is 44.6 Å². The smallest absolute Gasteiger partial charge is 0.157 e. The van der Waals surface area contributed by atoms with Crippen molar-refractivity contribution in [1.29, 1.82) is 0 Å². The zero-order valence-electron chi connectivity index (χ0n) is 12.7. The van der Waals surface area contributed by atoms with Crippen LogP contribution in [-0.4, -0.2) is 35.4 Å². The van der Waals surface area contributed by atoms with Gasteiger partial charge in [0.2, 0.25) is 0 Å². The van der Waals surface area contributed by atoms with Crippen LogP contribution in [0.2, 0.25) is 0 Å². The zero-order chi connectivity index (χ0) is 14.8. The number of phenols is 1. The summed E-state index contributed by atoms with van der Waals surface area (Å²) in [5.74, 6) is 1.16. The van der Waals surface area contributed by atoms with Crippen LogP contribution in [0.1, 0.15) is 38.2 Å². The van der Waals surface area contributed by atoms with E-state index in [0.29, 0.717) is 18.1 Å². The number of hydrogen-bond donors (Lipinski definition) is 1. The van der Waals surface area contributed by atoms with Gasteiger partial charge in [-0.1, -0.05) is 31.9 Å². The van der Waals surface area contributed by atoms with Crippen molar-refractivity contribution in [1.82, 2.24) is 4.90 Å². The van der Waals surface area contributed by atoms with Gasteiger partial charge < -0.3 is 5.11 Å². The fourth-order valence-electron chi connectivity index (χ4n) is 3.40. The Morgan fingerprint density at radius 3 is 2.55 bits per heavy atom. The number of aromatic hydroxyl groups is 1. The van der Waals surface area contributed by atoms with Crippen molar-refractivity contribution in [3.05, 3.63) is 29.8 Å². The second-order valence-electron chi connectivity index (χ2n) is 6.39. The minimum absolute atomic E-state index is 0.245. The Labute approximate surface area is 121 Å². The summed E-state index contributed by atoms with van der Waals surface area (Å²) < 4.78 is 0. The normalized spacial score (nSPS) is 26.7. The van der Waals surface area contributed by atoms with Gasteiger partial charge in [-0.2, -0.15) is 0 Å². The van der Waals surface area contributed by atoms with Crippen molar-refractivity contribution >= 4 is 5.78 Å². The Bertz CT molecular complexity index is 466. The zero-order valence-corrected chi connectivity index (χ0v) is 12.7. The molecule has 1 N–H and O–H groups in total. The molecule has 1 saturated carbocycles. The molecule has 1 aromatic carbocycles. The molecule has 3 heteroatoms. The number of likely N-dealkylation sites (N-methyl/N-ethyl adjacent to an activating group) is 1. The van der Waals surface area contributed by atoms with Crippen LogP contribution < -0.4 is 0 Å². The van der Waals surface area contributed by atoms with Gasteiger partial charge in [0.05, 0.1) is 5.54 Å². The van der Waals surface area contributed by atoms with Crippen molar-refractivity contribution < 1.29 is 9.90 Å². The Morgan fingerprint density at radius 1 is 1.35 bits per heavy atom. The van der Waals surface area contributed by atoms with Crippen LogP contribution in [0, 0.1) is 5.92 Å². The Kier molecular flexibility index (Phi) is 4.48. The summed E-state index contributed by atoms with van der Waals surface area (Å²) >= 11 is 0. The first-order valence-corrected chi connectivity index (χ1v) is 7.43. The second kappa shape index (κ2) is 5.96. The summed E-state index contributed by atoms with van der Waals surface area (Å²) in [6, 6.07) is 6.97. The molecular weight excluding hydrogens is 250 g/mol. The van der Waals surface area contributed by atoms with Gasteiger partial charge in [-0.25, -0.2) is 0 Å². The fraction of sp³-hybridized carbons (Fsp3) is 0.588. The van der Waals surface area contributed by atoms with E-state index in [1.54, 1.807) is 12.1 Å². The monoisotopic (exact) mass is 275 g/mol. The highest BCUT2D eigenvalue weighted by molar-refractivity contribution is 5.90. The van der Waals surface area contributed by atoms with E-state index in [-0.39, 0.29) is 11.3 Å². The number of carbonyl (C=O) groups excluding carboxylic acids is 1. The van der Waals surface area contributed by atoms with Gasteiger partial charge in [0.1, 0.15) is 5.75 Å². The molecule has 20 heavy (non-hydrogen) atoms. The average molecular weight is 275 g/mol. The number of Topliss-reactive ketones (excluding diaryl/α,β-unsaturated/α-hetero) is 1. The standard InChI is InChI=1S/C17H25NO2/c1-13-5-4-10-17(12-13,18(2)3)16(20)11-14-6-8-15(19)9-7-14/h6-9,13,19H,4-5,10-12H2,1-3H3. The molecule has 1 aromatic rings. The van der Waals surface area contributed by atoms with E-state index in [4.69, 9.17) is 0 Å². The number of carbonyl (C=O) groups is 1. The molecule has 3 nitrogen and oxygen atoms in total. The van der Waals surface area contributed by atoms with E-state index in [9.17, 15) is 9.90 Å². The van der Waals surface area contributed by atoms with Gasteiger partial charge in [0, 0.05) is 6.42 Å². The predicted molar refractivity (Wildman–Crippen MR) is 80.9 cm³/mol. The van der Waals surface area contributed by atoms with Crippen molar-refractivity contribution in [2.75, 3.05) is 14.1 Å². The summed E-state index contributed by atoms with van der Waals surface area (Å²) in [6.45, 7) is 2.24. The lowest BCUT2D eigenvalue weighted by Gasteiger charge is -2.44. The third kappa shape index (κ3) is 3.04. The molecule has 1 aliphatic rings. The van der Waals surface area contributed by atoms with Crippen LogP contribution in [0.5, 0.6) is 5.75 Å². The lowest BCUT2D eigenvalue weighted by molar-refractivity contribution is -0.132. The quantitative estimate of drug-likeness (QED) is 0.918. The molecule has 1 fully saturated rings. The number of rotatable bonds is 4. The highest BCUT2D eigenvalue weighted by atomic mass is 16.3. The molecule has 0 amide bonds. The van der Waals surface area contributed by atoms with Crippen molar-refractivity contribution in [2.24, 2.45) is 5.92 Å². The average Bonchev–Trinajstić information content (AvgIpc) is 2.41. The van der Waals surface area contributed by atoms with Crippen LogP contribution in [0.25, 0.3) is 0 Å². The van der Waals surface area contributed by atoms with E-state index < -0.39 is 0 Å². The molecule has 0 spiro atoms. The third-order valence-corrected chi connectivity index (χ3v) is 4.65. The molecule has 2 rings (SSSR count). The molecule has 1 aliphatic carbocycles. The summed E-state index contributed by atoms with van der Waals surface area (Å²) in [7, 11) is 4.04. The predicted octanol–water partition coefficient (Wildman–Crippen LogP) is 3.01. The number of phenolic OH excluding ortho intramolecular Hbond substituents is 1. The van der Waals surface area contributed by atoms with Crippen molar-refractivity contribution in [3.63, 3.8) is 0 Å². The second-order valence-corrected chi connectivity index (χ2v) is 6.39. The molecule has 0 heterocycles. The van der Waals surface area contributed by atoms with Crippen LogP contribution in [0.3, 0.4) is 0 Å². The van der Waals surface area contributed by atoms with Gasteiger partial charge in [-0.15, -0.1) is 0 Å². The molecule has 0 saturated heterocycles. The molecule has 2 unspecified atom stereocenters. The first-order chi connectivity index (χ1) is 9.44. The van der Waals surface area contributed by atoms with E-state index in [0.717, 1.165) is 24.8 Å². The maximum absolute atomic E-state index is 12.9. The highest BCUT2D eigenvalue weighted by Crippen LogP contribution is 2.37. The van der Waals surface area contributed by atoms with Gasteiger partial charge in [0.25, 0.3) is 0 Å². The van der Waals surface area contributed by atoms with Gasteiger partial charge >= 0.3 is 0 Å². The molecule has 2 atom stereocenters. The van der Waals surface area contributed by atoms with Gasteiger partial charge in [0.15, 0.2) is 5.78 Å². The Balaban J connectivity index is 2.17. The first kappa shape index (κ1) is 15.0. The summed E-state index contributed by atoms with van der Waals surface area (Å²) in [5.41, 5.74) is 0.669. The van der Waals surface area contributed by atoms with Gasteiger partial charge in [-0.3, -0.25) is 9.69 Å². The van der Waals surface area contributed by atoms with Crippen LogP contribution in [-0.2, 0) is 11.2 Å². The SMILES string of the molecule is CC1CCCC(C(=O)Cc2ccc(O)cc2)(N(C)C)C1. The summed E-state index contributed by atoms with van der Waals surface area (Å²) in [5, 5.41) is 9.32. The topological polar surface area (TPSA) is 40.5 Å². The fourth-order valence-corrected chi connectivity index (χ4v) is 3.40. The number of ketones is 1.